The molecule has 5 nitrogen and oxygen atoms in total. The van der Waals surface area contributed by atoms with Gasteiger partial charge >= 0.3 is 0 Å². The van der Waals surface area contributed by atoms with Gasteiger partial charge in [0.15, 0.2) is 5.72 Å². The number of hydrogen-bond acceptors (Lipinski definition) is 4. The average molecular weight is 370 g/mol. The summed E-state index contributed by atoms with van der Waals surface area (Å²) in [5, 5.41) is 22.4. The van der Waals surface area contributed by atoms with Crippen LogP contribution in [0.2, 0.25) is 0 Å². The molecule has 1 aromatic heterocycles. The van der Waals surface area contributed by atoms with Crippen molar-refractivity contribution in [1.82, 2.24) is 4.57 Å². The molecule has 0 unspecified atom stereocenters. The lowest BCUT2D eigenvalue weighted by molar-refractivity contribution is -0.142. The van der Waals surface area contributed by atoms with Crippen molar-refractivity contribution in [3.8, 4) is 17.2 Å². The predicted molar refractivity (Wildman–Crippen MR) is 105 cm³/mol. The van der Waals surface area contributed by atoms with Gasteiger partial charge in [-0.1, -0.05) is 36.4 Å². The van der Waals surface area contributed by atoms with E-state index in [1.165, 1.54) is 4.57 Å². The molecule has 2 atom stereocenters. The largest absolute Gasteiger partial charge is 0.369 e. The Morgan fingerprint density at radius 3 is 2.50 bits per heavy atom. The maximum absolute atomic E-state index is 13.4. The standard InChI is InChI=1S/C23H18N2O3/c1-22-12-18-20(15-7-3-2-6-14(15)13-24)16-8-4-5-9-17(16)21(27)25(18)23(22,28)11-10-19(22)26/h2-9,28H,10-12H2,1H3/t22-,23-/m0/s1. The Morgan fingerprint density at radius 2 is 1.75 bits per heavy atom. The molecule has 0 bridgehead atoms. The van der Waals surface area contributed by atoms with Crippen LogP contribution in [0.1, 0.15) is 31.0 Å². The highest BCUT2D eigenvalue weighted by Crippen LogP contribution is 2.55. The van der Waals surface area contributed by atoms with E-state index in [9.17, 15) is 20.0 Å². The average Bonchev–Trinajstić information content (AvgIpc) is 3.08. The first kappa shape index (κ1) is 16.9. The lowest BCUT2D eigenvalue weighted by atomic mass is 9.79. The molecule has 5 heteroatoms. The highest BCUT2D eigenvalue weighted by atomic mass is 16.3. The molecule has 0 radical (unpaired) electrons. The van der Waals surface area contributed by atoms with Crippen LogP contribution >= 0.6 is 0 Å². The SMILES string of the molecule is C[C@@]12Cc3c(-c4ccccc4C#N)c4ccccc4c(=O)n3[C@]1(O)CCC2=O. The normalized spacial score (nSPS) is 25.5. The van der Waals surface area contributed by atoms with Crippen LogP contribution in [0.3, 0.4) is 0 Å². The Morgan fingerprint density at radius 1 is 1.07 bits per heavy atom. The van der Waals surface area contributed by atoms with Gasteiger partial charge in [0.2, 0.25) is 0 Å². The van der Waals surface area contributed by atoms with E-state index >= 15 is 0 Å². The highest BCUT2D eigenvalue weighted by Gasteiger charge is 2.63. The van der Waals surface area contributed by atoms with Gasteiger partial charge in [0, 0.05) is 41.5 Å². The van der Waals surface area contributed by atoms with Gasteiger partial charge in [-0.05, 0) is 24.4 Å². The van der Waals surface area contributed by atoms with Gasteiger partial charge < -0.3 is 5.11 Å². The smallest absolute Gasteiger partial charge is 0.261 e. The van der Waals surface area contributed by atoms with E-state index in [4.69, 9.17) is 0 Å². The molecule has 2 heterocycles. The number of pyridine rings is 1. The number of ketones is 1. The molecule has 0 amide bonds. The van der Waals surface area contributed by atoms with E-state index in [0.29, 0.717) is 22.2 Å². The van der Waals surface area contributed by atoms with Crippen molar-refractivity contribution >= 4 is 16.6 Å². The molecule has 3 aromatic rings. The number of aromatic nitrogens is 1. The van der Waals surface area contributed by atoms with Crippen LogP contribution in [0.4, 0.5) is 0 Å². The minimum Gasteiger partial charge on any atom is -0.369 e. The summed E-state index contributed by atoms with van der Waals surface area (Å²) in [6.45, 7) is 1.75. The number of aliphatic hydroxyl groups is 1. The molecular formula is C23H18N2O3. The number of Topliss-reactive ketones (excluding diaryl/α,β-unsaturated/α-hetero) is 1. The Labute approximate surface area is 161 Å². The number of nitriles is 1. The Bertz CT molecular complexity index is 1280. The van der Waals surface area contributed by atoms with Gasteiger partial charge in [-0.15, -0.1) is 0 Å². The number of benzene rings is 2. The van der Waals surface area contributed by atoms with Crippen molar-refractivity contribution in [1.29, 1.82) is 5.26 Å². The fourth-order valence-electron chi connectivity index (χ4n) is 5.05. The highest BCUT2D eigenvalue weighted by molar-refractivity contribution is 6.00. The van der Waals surface area contributed by atoms with Crippen molar-refractivity contribution in [3.05, 3.63) is 70.1 Å². The topological polar surface area (TPSA) is 83.1 Å². The van der Waals surface area contributed by atoms with Crippen molar-refractivity contribution in [2.75, 3.05) is 0 Å². The fraction of sp³-hybridized carbons (Fsp3) is 0.261. The van der Waals surface area contributed by atoms with Crippen LogP contribution in [0.15, 0.2) is 53.3 Å². The first-order valence-corrected chi connectivity index (χ1v) is 9.35. The summed E-state index contributed by atoms with van der Waals surface area (Å²) in [4.78, 5) is 26.1. The molecule has 138 valence electrons. The first-order valence-electron chi connectivity index (χ1n) is 9.35. The first-order chi connectivity index (χ1) is 13.4. The minimum absolute atomic E-state index is 0.0262. The molecule has 1 saturated carbocycles. The van der Waals surface area contributed by atoms with Gasteiger partial charge in [0.1, 0.15) is 5.78 Å². The molecule has 1 aliphatic carbocycles. The van der Waals surface area contributed by atoms with Crippen LogP contribution in [-0.4, -0.2) is 15.5 Å². The van der Waals surface area contributed by atoms with E-state index in [2.05, 4.69) is 6.07 Å². The summed E-state index contributed by atoms with van der Waals surface area (Å²) in [7, 11) is 0. The predicted octanol–water partition coefficient (Wildman–Crippen LogP) is 3.11. The molecule has 2 aliphatic rings. The van der Waals surface area contributed by atoms with Gasteiger partial charge in [-0.25, -0.2) is 0 Å². The van der Waals surface area contributed by atoms with Crippen LogP contribution in [-0.2, 0) is 16.9 Å². The lowest BCUT2D eigenvalue weighted by Gasteiger charge is -2.32. The second-order valence-corrected chi connectivity index (χ2v) is 7.91. The van der Waals surface area contributed by atoms with E-state index in [-0.39, 0.29) is 30.6 Å². The summed E-state index contributed by atoms with van der Waals surface area (Å²) >= 11 is 0. The second kappa shape index (κ2) is 5.40. The third-order valence-electron chi connectivity index (χ3n) is 6.60. The lowest BCUT2D eigenvalue weighted by Crippen LogP contribution is -2.47. The van der Waals surface area contributed by atoms with Gasteiger partial charge in [0.25, 0.3) is 5.56 Å². The summed E-state index contributed by atoms with van der Waals surface area (Å²) < 4.78 is 1.43. The molecule has 0 saturated heterocycles. The van der Waals surface area contributed by atoms with E-state index in [1.807, 2.05) is 24.3 Å². The van der Waals surface area contributed by atoms with Crippen LogP contribution < -0.4 is 5.56 Å². The Balaban J connectivity index is 1.99. The van der Waals surface area contributed by atoms with E-state index in [1.54, 1.807) is 31.2 Å². The number of carbonyl (C=O) groups is 1. The van der Waals surface area contributed by atoms with Crippen molar-refractivity contribution in [2.24, 2.45) is 5.41 Å². The minimum atomic E-state index is -1.53. The van der Waals surface area contributed by atoms with E-state index in [0.717, 1.165) is 10.9 Å². The number of fused-ring (bicyclic) bond motifs is 4. The number of hydrogen-bond donors (Lipinski definition) is 1. The number of nitrogens with zero attached hydrogens (tertiary/aromatic N) is 2. The van der Waals surface area contributed by atoms with Gasteiger partial charge in [-0.2, -0.15) is 5.26 Å². The zero-order valence-corrected chi connectivity index (χ0v) is 15.4. The summed E-state index contributed by atoms with van der Waals surface area (Å²) in [5.74, 6) is -0.0262. The van der Waals surface area contributed by atoms with Crippen LogP contribution in [0.5, 0.6) is 0 Å². The molecule has 1 aliphatic heterocycles. The number of carbonyl (C=O) groups excluding carboxylic acids is 1. The summed E-state index contributed by atoms with van der Waals surface area (Å²) in [6, 6.07) is 16.7. The molecular weight excluding hydrogens is 352 g/mol. The third-order valence-corrected chi connectivity index (χ3v) is 6.60. The Hall–Kier alpha value is -3.23. The fourth-order valence-corrected chi connectivity index (χ4v) is 5.05. The zero-order chi connectivity index (χ0) is 19.7. The molecule has 28 heavy (non-hydrogen) atoms. The maximum Gasteiger partial charge on any atom is 0.261 e. The van der Waals surface area contributed by atoms with Gasteiger partial charge in [-0.3, -0.25) is 14.2 Å². The summed E-state index contributed by atoms with van der Waals surface area (Å²) in [5.41, 5.74) is -0.262. The van der Waals surface area contributed by atoms with Crippen LogP contribution in [0.25, 0.3) is 21.9 Å². The second-order valence-electron chi connectivity index (χ2n) is 7.91. The molecule has 5 rings (SSSR count). The molecule has 1 fully saturated rings. The van der Waals surface area contributed by atoms with Crippen molar-refractivity contribution in [2.45, 2.75) is 31.9 Å². The number of rotatable bonds is 1. The molecule has 1 N–H and O–H groups in total. The maximum atomic E-state index is 13.4. The zero-order valence-electron chi connectivity index (χ0n) is 15.4. The Kier molecular flexibility index (Phi) is 3.26. The quantitative estimate of drug-likeness (QED) is 0.713. The molecule has 0 spiro atoms. The van der Waals surface area contributed by atoms with Crippen molar-refractivity contribution in [3.63, 3.8) is 0 Å². The molecule has 2 aromatic carbocycles. The van der Waals surface area contributed by atoms with Crippen molar-refractivity contribution < 1.29 is 9.90 Å². The van der Waals surface area contributed by atoms with E-state index < -0.39 is 11.1 Å². The third kappa shape index (κ3) is 1.83. The van der Waals surface area contributed by atoms with Gasteiger partial charge in [0.05, 0.1) is 17.0 Å². The summed E-state index contributed by atoms with van der Waals surface area (Å²) in [6.07, 6.45) is 0.764. The van der Waals surface area contributed by atoms with Crippen LogP contribution in [0, 0.1) is 16.7 Å². The monoisotopic (exact) mass is 370 g/mol.